The third kappa shape index (κ3) is 5.34. The summed E-state index contributed by atoms with van der Waals surface area (Å²) in [6.45, 7) is 7.69. The second kappa shape index (κ2) is 9.03. The number of hydrogen-bond acceptors (Lipinski definition) is 5. The van der Waals surface area contributed by atoms with Crippen LogP contribution in [0.15, 0.2) is 35.9 Å². The van der Waals surface area contributed by atoms with E-state index in [1.54, 1.807) is 47.1 Å². The third-order valence-corrected chi connectivity index (χ3v) is 3.86. The van der Waals surface area contributed by atoms with Crippen molar-refractivity contribution in [2.24, 2.45) is 0 Å². The SMILES string of the molecule is CCOC(=O)Oc1ccc(C(=O)N2CCN(C(=O)C=C(C)C)CC2)cc1. The normalized spacial score (nSPS) is 13.8. The fourth-order valence-corrected chi connectivity index (χ4v) is 2.56. The standard InChI is InChI=1S/C19H24N2O5/c1-4-25-19(24)26-16-7-5-15(6-8-16)18(23)21-11-9-20(10-12-21)17(22)13-14(2)3/h5-8,13H,4,9-12H2,1-3H3. The number of allylic oxidation sites excluding steroid dienone is 1. The third-order valence-electron chi connectivity index (χ3n) is 3.86. The molecule has 1 heterocycles. The van der Waals surface area contributed by atoms with Gasteiger partial charge in [-0.2, -0.15) is 0 Å². The van der Waals surface area contributed by atoms with Crippen molar-refractivity contribution in [1.29, 1.82) is 0 Å². The second-order valence-electron chi connectivity index (χ2n) is 6.15. The fraction of sp³-hybridized carbons (Fsp3) is 0.421. The lowest BCUT2D eigenvalue weighted by molar-refractivity contribution is -0.127. The zero-order valence-electron chi connectivity index (χ0n) is 15.4. The monoisotopic (exact) mass is 360 g/mol. The van der Waals surface area contributed by atoms with Gasteiger partial charge in [0.2, 0.25) is 5.91 Å². The number of nitrogens with zero attached hydrogens (tertiary/aromatic N) is 2. The van der Waals surface area contributed by atoms with E-state index in [4.69, 9.17) is 9.47 Å². The summed E-state index contributed by atoms with van der Waals surface area (Å²) in [4.78, 5) is 39.3. The molecule has 0 unspecified atom stereocenters. The number of carbonyl (C=O) groups is 3. The van der Waals surface area contributed by atoms with Gasteiger partial charge in [-0.15, -0.1) is 0 Å². The molecule has 1 fully saturated rings. The van der Waals surface area contributed by atoms with Crippen molar-refractivity contribution >= 4 is 18.0 Å². The average Bonchev–Trinajstić information content (AvgIpc) is 2.61. The Morgan fingerprint density at radius 1 is 1.00 bits per heavy atom. The van der Waals surface area contributed by atoms with Crippen molar-refractivity contribution in [2.75, 3.05) is 32.8 Å². The van der Waals surface area contributed by atoms with E-state index in [-0.39, 0.29) is 18.4 Å². The van der Waals surface area contributed by atoms with Crippen LogP contribution >= 0.6 is 0 Å². The van der Waals surface area contributed by atoms with E-state index < -0.39 is 6.16 Å². The largest absolute Gasteiger partial charge is 0.513 e. The molecule has 1 aliphatic heterocycles. The van der Waals surface area contributed by atoms with Crippen molar-refractivity contribution in [2.45, 2.75) is 20.8 Å². The van der Waals surface area contributed by atoms with Crippen LogP contribution in [0.2, 0.25) is 0 Å². The maximum Gasteiger partial charge on any atom is 0.513 e. The minimum absolute atomic E-state index is 0.0161. The fourth-order valence-electron chi connectivity index (χ4n) is 2.56. The zero-order valence-corrected chi connectivity index (χ0v) is 15.4. The summed E-state index contributed by atoms with van der Waals surface area (Å²) in [5, 5.41) is 0. The molecule has 0 saturated carbocycles. The molecule has 1 aromatic carbocycles. The van der Waals surface area contributed by atoms with E-state index in [1.807, 2.05) is 13.8 Å². The number of hydrogen-bond donors (Lipinski definition) is 0. The Kier molecular flexibility index (Phi) is 6.77. The second-order valence-corrected chi connectivity index (χ2v) is 6.15. The van der Waals surface area contributed by atoms with Crippen LogP contribution in [-0.4, -0.2) is 60.6 Å². The molecule has 0 atom stereocenters. The van der Waals surface area contributed by atoms with Gasteiger partial charge < -0.3 is 19.3 Å². The Hall–Kier alpha value is -2.83. The first kappa shape index (κ1) is 19.5. The highest BCUT2D eigenvalue weighted by Gasteiger charge is 2.24. The summed E-state index contributed by atoms with van der Waals surface area (Å²) in [5.74, 6) is 0.191. The lowest BCUT2D eigenvalue weighted by Gasteiger charge is -2.34. The van der Waals surface area contributed by atoms with Gasteiger partial charge >= 0.3 is 6.16 Å². The first-order valence-electron chi connectivity index (χ1n) is 8.58. The van der Waals surface area contributed by atoms with E-state index in [2.05, 4.69) is 0 Å². The Labute approximate surface area is 153 Å². The minimum atomic E-state index is -0.774. The van der Waals surface area contributed by atoms with Crippen LogP contribution in [0.3, 0.4) is 0 Å². The highest BCUT2D eigenvalue weighted by atomic mass is 16.7. The van der Waals surface area contributed by atoms with Crippen molar-refractivity contribution in [3.05, 3.63) is 41.5 Å². The summed E-state index contributed by atoms with van der Waals surface area (Å²) >= 11 is 0. The molecule has 7 heteroatoms. The summed E-state index contributed by atoms with van der Waals surface area (Å²) < 4.78 is 9.67. The Morgan fingerprint density at radius 3 is 2.12 bits per heavy atom. The number of carbonyl (C=O) groups excluding carboxylic acids is 3. The van der Waals surface area contributed by atoms with Gasteiger partial charge in [0.25, 0.3) is 5.91 Å². The Bertz CT molecular complexity index is 684. The van der Waals surface area contributed by atoms with Gasteiger partial charge in [-0.25, -0.2) is 4.79 Å². The van der Waals surface area contributed by atoms with Gasteiger partial charge in [0, 0.05) is 37.8 Å². The van der Waals surface area contributed by atoms with E-state index in [9.17, 15) is 14.4 Å². The first-order valence-corrected chi connectivity index (χ1v) is 8.58. The van der Waals surface area contributed by atoms with Crippen molar-refractivity contribution in [1.82, 2.24) is 9.80 Å². The van der Waals surface area contributed by atoms with Crippen LogP contribution in [0.4, 0.5) is 4.79 Å². The quantitative estimate of drug-likeness (QED) is 0.468. The van der Waals surface area contributed by atoms with Crippen LogP contribution in [0.5, 0.6) is 5.75 Å². The average molecular weight is 360 g/mol. The van der Waals surface area contributed by atoms with Crippen LogP contribution in [-0.2, 0) is 9.53 Å². The molecule has 0 aliphatic carbocycles. The molecular weight excluding hydrogens is 336 g/mol. The first-order chi connectivity index (χ1) is 12.4. The van der Waals surface area contributed by atoms with E-state index >= 15 is 0 Å². The maximum atomic E-state index is 12.6. The van der Waals surface area contributed by atoms with E-state index in [0.29, 0.717) is 37.5 Å². The predicted octanol–water partition coefficient (Wildman–Crippen LogP) is 2.47. The molecule has 0 aromatic heterocycles. The lowest BCUT2D eigenvalue weighted by Crippen LogP contribution is -2.50. The molecular formula is C19H24N2O5. The molecule has 1 aromatic rings. The molecule has 2 rings (SSSR count). The van der Waals surface area contributed by atoms with Gasteiger partial charge in [0.05, 0.1) is 6.61 Å². The number of piperazine rings is 1. The number of benzene rings is 1. The predicted molar refractivity (Wildman–Crippen MR) is 96.0 cm³/mol. The van der Waals surface area contributed by atoms with E-state index in [0.717, 1.165) is 5.57 Å². The highest BCUT2D eigenvalue weighted by Crippen LogP contribution is 2.15. The van der Waals surface area contributed by atoms with Crippen LogP contribution < -0.4 is 4.74 Å². The Morgan fingerprint density at radius 2 is 1.58 bits per heavy atom. The molecule has 7 nitrogen and oxygen atoms in total. The lowest BCUT2D eigenvalue weighted by atomic mass is 10.1. The van der Waals surface area contributed by atoms with Gasteiger partial charge in [-0.05, 0) is 45.0 Å². The molecule has 0 radical (unpaired) electrons. The summed E-state index contributed by atoms with van der Waals surface area (Å²) in [6.07, 6.45) is 0.837. The molecule has 26 heavy (non-hydrogen) atoms. The summed E-state index contributed by atoms with van der Waals surface area (Å²) in [7, 11) is 0. The van der Waals surface area contributed by atoms with E-state index in [1.165, 1.54) is 0 Å². The van der Waals surface area contributed by atoms with Crippen molar-refractivity contribution in [3.8, 4) is 5.75 Å². The molecule has 1 aliphatic rings. The van der Waals surface area contributed by atoms with Crippen molar-refractivity contribution in [3.63, 3.8) is 0 Å². The van der Waals surface area contributed by atoms with Crippen LogP contribution in [0.25, 0.3) is 0 Å². The summed E-state index contributed by atoms with van der Waals surface area (Å²) in [6, 6.07) is 6.33. The maximum absolute atomic E-state index is 12.6. The molecule has 2 amide bonds. The number of amides is 2. The smallest absolute Gasteiger partial charge is 0.434 e. The van der Waals surface area contributed by atoms with Gasteiger partial charge in [0.1, 0.15) is 5.75 Å². The number of ether oxygens (including phenoxy) is 2. The molecule has 140 valence electrons. The minimum Gasteiger partial charge on any atom is -0.434 e. The molecule has 1 saturated heterocycles. The topological polar surface area (TPSA) is 76.2 Å². The highest BCUT2D eigenvalue weighted by molar-refractivity contribution is 5.94. The molecule has 0 N–H and O–H groups in total. The Balaban J connectivity index is 1.91. The summed E-state index contributed by atoms with van der Waals surface area (Å²) in [5.41, 5.74) is 1.46. The van der Waals surface area contributed by atoms with Crippen LogP contribution in [0.1, 0.15) is 31.1 Å². The molecule has 0 spiro atoms. The van der Waals surface area contributed by atoms with Gasteiger partial charge in [-0.1, -0.05) is 5.57 Å². The van der Waals surface area contributed by atoms with Crippen LogP contribution in [0, 0.1) is 0 Å². The van der Waals surface area contributed by atoms with Gasteiger partial charge in [-0.3, -0.25) is 9.59 Å². The van der Waals surface area contributed by atoms with Crippen molar-refractivity contribution < 1.29 is 23.9 Å². The zero-order chi connectivity index (χ0) is 19.1. The number of rotatable bonds is 4. The van der Waals surface area contributed by atoms with Gasteiger partial charge in [0.15, 0.2) is 0 Å². The molecule has 0 bridgehead atoms.